The van der Waals surface area contributed by atoms with E-state index in [2.05, 4.69) is 34.3 Å². The summed E-state index contributed by atoms with van der Waals surface area (Å²) in [6.07, 6.45) is 8.52. The van der Waals surface area contributed by atoms with Crippen molar-refractivity contribution >= 4 is 65.9 Å². The maximum atomic E-state index is 12.8. The van der Waals surface area contributed by atoms with Gasteiger partial charge in [-0.15, -0.1) is 12.4 Å². The number of unbranched alkanes of at least 4 members (excludes halogenated alkanes) is 4. The second kappa shape index (κ2) is 56.0. The molecule has 674 valence electrons. The molecule has 5 aromatic carbocycles. The van der Waals surface area contributed by atoms with Gasteiger partial charge in [0, 0.05) is 26.3 Å². The smallest absolute Gasteiger partial charge is 0.408 e. The number of phenols is 1. The fourth-order valence-corrected chi connectivity index (χ4v) is 12.1. The van der Waals surface area contributed by atoms with Gasteiger partial charge in [0.15, 0.2) is 5.78 Å². The Labute approximate surface area is 714 Å². The zero-order chi connectivity index (χ0) is 90.3. The third kappa shape index (κ3) is 38.0. The number of Topliss-reactive ketones (excluding diaryl/α,β-unsaturated/α-hetero) is 1. The van der Waals surface area contributed by atoms with Crippen LogP contribution in [0.25, 0.3) is 0 Å². The van der Waals surface area contributed by atoms with E-state index in [9.17, 15) is 78.9 Å². The normalized spacial score (nSPS) is 11.2. The molecule has 0 saturated carbocycles. The first kappa shape index (κ1) is 110. The van der Waals surface area contributed by atoms with Gasteiger partial charge >= 0.3 is 30.0 Å². The molecule has 0 unspecified atom stereocenters. The minimum absolute atomic E-state index is 0. The second-order valence-corrected chi connectivity index (χ2v) is 30.1. The van der Waals surface area contributed by atoms with Crippen LogP contribution in [0, 0.1) is 34.6 Å². The molecule has 0 atom stereocenters. The Kier molecular flexibility index (Phi) is 51.5. The molecule has 120 heavy (non-hydrogen) atoms. The van der Waals surface area contributed by atoms with Gasteiger partial charge < -0.3 is 105 Å². The highest BCUT2D eigenvalue weighted by atomic mass is 35.5. The van der Waals surface area contributed by atoms with Gasteiger partial charge in [-0.25, -0.2) is 24.0 Å². The lowest BCUT2D eigenvalue weighted by molar-refractivity contribution is -0.169. The van der Waals surface area contributed by atoms with Crippen LogP contribution in [-0.4, -0.2) is 217 Å². The molecular weight excluding hydrogens is 1570 g/mol. The number of carbonyl (C=O) groups excluding carboxylic acids is 9. The SMILES string of the molecule is CCCCCCCOc1ccc(CCC(N)(CO)CO)cc1C.CCOC(=O)C(CC(=O)c1ccc(OC)c(C)c1)(NC(C)=O)C(=O)OCC.CCOC(=O)C(CCc1ccc(OC)c(C)c1)(NC(C)=O)C(=O)OCC.COc1ccc(CCC(CO)(CO)NC(C)=O)cc1C.Cc1cc(CCC(CO)(CO)NC(=O)OC(C)(C)C)ccc1O.Cl. The molecule has 4 amide bonds. The molecule has 0 saturated heterocycles. The fourth-order valence-electron chi connectivity index (χ4n) is 12.1. The van der Waals surface area contributed by atoms with E-state index in [1.54, 1.807) is 101 Å². The van der Waals surface area contributed by atoms with Crippen LogP contribution < -0.4 is 45.9 Å². The van der Waals surface area contributed by atoms with E-state index in [1.165, 1.54) is 52.7 Å². The van der Waals surface area contributed by atoms with Gasteiger partial charge in [0.25, 0.3) is 0 Å². The maximum absolute atomic E-state index is 12.8. The van der Waals surface area contributed by atoms with Gasteiger partial charge in [-0.1, -0.05) is 81.1 Å². The van der Waals surface area contributed by atoms with E-state index in [0.29, 0.717) is 49.8 Å². The number of aliphatic hydroxyl groups excluding tert-OH is 6. The summed E-state index contributed by atoms with van der Waals surface area (Å²) >= 11 is 0. The minimum Gasteiger partial charge on any atom is -0.508 e. The summed E-state index contributed by atoms with van der Waals surface area (Å²) in [5.74, 6) is -2.39. The molecule has 0 fully saturated rings. The Morgan fingerprint density at radius 2 is 0.758 bits per heavy atom. The second-order valence-electron chi connectivity index (χ2n) is 30.1. The molecular formula is C89H136ClN5O25. The van der Waals surface area contributed by atoms with Crippen molar-refractivity contribution < 1.29 is 122 Å². The molecule has 0 bridgehead atoms. The fraction of sp³-hybridized carbons (Fsp3) is 0.562. The number of aryl methyl sites for hydroxylation is 9. The highest BCUT2D eigenvalue weighted by molar-refractivity contribution is 6.13. The third-order valence-corrected chi connectivity index (χ3v) is 18.9. The molecule has 5 aromatic rings. The zero-order valence-electron chi connectivity index (χ0n) is 73.8. The van der Waals surface area contributed by atoms with Crippen molar-refractivity contribution in [2.75, 3.05) is 94.0 Å². The van der Waals surface area contributed by atoms with Crippen LogP contribution in [0.4, 0.5) is 4.79 Å². The molecule has 0 heterocycles. The number of hydrogen-bond acceptors (Lipinski definition) is 26. The minimum atomic E-state index is -2.25. The quantitative estimate of drug-likeness (QED) is 0.00568. The number of aliphatic hydroxyl groups is 6. The predicted molar refractivity (Wildman–Crippen MR) is 459 cm³/mol. The number of nitrogens with one attached hydrogen (secondary N) is 4. The number of esters is 4. The van der Waals surface area contributed by atoms with Gasteiger partial charge in [0.05, 0.1) is 117 Å². The number of benzene rings is 5. The number of rotatable bonds is 43. The average molecular weight is 1710 g/mol. The summed E-state index contributed by atoms with van der Waals surface area (Å²) in [7, 11) is 4.72. The van der Waals surface area contributed by atoms with E-state index >= 15 is 0 Å². The largest absolute Gasteiger partial charge is 0.508 e. The third-order valence-electron chi connectivity index (χ3n) is 18.9. The molecule has 5 rings (SSSR count). The highest BCUT2D eigenvalue weighted by Crippen LogP contribution is 2.29. The molecule has 0 aliphatic heterocycles. The summed E-state index contributed by atoms with van der Waals surface area (Å²) in [5.41, 5.74) is 6.95. The van der Waals surface area contributed by atoms with Crippen molar-refractivity contribution in [1.29, 1.82) is 0 Å². The molecule has 0 radical (unpaired) electrons. The number of hydrogen-bond donors (Lipinski definition) is 12. The van der Waals surface area contributed by atoms with Crippen LogP contribution in [-0.2, 0) is 82.9 Å². The summed E-state index contributed by atoms with van der Waals surface area (Å²) in [4.78, 5) is 109. The summed E-state index contributed by atoms with van der Waals surface area (Å²) in [5, 5.41) is 76.1. The lowest BCUT2D eigenvalue weighted by atomic mass is 9.89. The number of ketones is 1. The number of carbonyl (C=O) groups is 9. The van der Waals surface area contributed by atoms with Crippen LogP contribution in [0.5, 0.6) is 28.7 Å². The Bertz CT molecular complexity index is 3950. The topological polar surface area (TPSA) is 452 Å². The van der Waals surface area contributed by atoms with E-state index < -0.39 is 100 Å². The van der Waals surface area contributed by atoms with Crippen molar-refractivity contribution in [3.63, 3.8) is 0 Å². The van der Waals surface area contributed by atoms with Crippen molar-refractivity contribution in [2.24, 2.45) is 5.73 Å². The van der Waals surface area contributed by atoms with Gasteiger partial charge in [-0.05, 0) is 233 Å². The molecule has 31 heteroatoms. The van der Waals surface area contributed by atoms with E-state index in [0.717, 1.165) is 88.1 Å². The number of alkyl carbamates (subject to hydrolysis) is 1. The van der Waals surface area contributed by atoms with Crippen molar-refractivity contribution in [3.05, 3.63) is 147 Å². The Morgan fingerprint density at radius 3 is 1.12 bits per heavy atom. The van der Waals surface area contributed by atoms with Gasteiger partial charge in [-0.3, -0.25) is 19.2 Å². The number of phenolic OH excluding ortho intramolecular Hbond substituents is 1. The molecule has 0 aliphatic rings. The summed E-state index contributed by atoms with van der Waals surface area (Å²) in [6.45, 7) is 26.1. The van der Waals surface area contributed by atoms with Crippen LogP contribution in [0.2, 0.25) is 0 Å². The van der Waals surface area contributed by atoms with Crippen LogP contribution >= 0.6 is 12.4 Å². The molecule has 0 spiro atoms. The van der Waals surface area contributed by atoms with E-state index in [1.807, 2.05) is 75.4 Å². The first-order chi connectivity index (χ1) is 56.1. The zero-order valence-corrected chi connectivity index (χ0v) is 74.6. The molecule has 0 aliphatic carbocycles. The Morgan fingerprint density at radius 1 is 0.408 bits per heavy atom. The number of methoxy groups -OCH3 is 3. The first-order valence-electron chi connectivity index (χ1n) is 40.1. The number of amides is 4. The number of halogens is 1. The average Bonchev–Trinajstić information content (AvgIpc) is 0.790. The van der Waals surface area contributed by atoms with Gasteiger partial charge in [-0.2, -0.15) is 0 Å². The monoisotopic (exact) mass is 1710 g/mol. The van der Waals surface area contributed by atoms with Crippen LogP contribution in [0.1, 0.15) is 201 Å². The van der Waals surface area contributed by atoms with Gasteiger partial charge in [0.2, 0.25) is 28.8 Å². The van der Waals surface area contributed by atoms with Crippen molar-refractivity contribution in [1.82, 2.24) is 21.3 Å². The standard InChI is InChI=1S/C19H25NO7.C19H27NO6.C19H33NO3.C17H27NO5.C15H23NO4.ClH/c1-6-26-17(23)19(20-13(4)21,18(24)27-7-2)11-15(22)14-8-9-16(25-5)12(3)10-14;1-6-25-17(22)19(20-14(4)21,18(23)26-7-2)11-10-15-8-9-16(24-5)13(3)12-15;1-3-4-5-6-7-12-23-18-9-8-17(13-16(18)2)10-11-19(20,14-21)15-22;1-12-9-13(5-6-14(12)21)7-8-17(10-19,11-20)18-15(22)23-16(2,3)4;1-11-8-13(4-5-14(11)20-3)6-7-15(9-17,10-18)16-12(2)19;/h8-10H,6-7,11H2,1-5H3,(H,20,21);8-9,12H,6-7,10-11H2,1-5H3,(H,20,21);8-9,13,21-22H,3-7,10-12,14-15,20H2,1-2H3;5-6,9,19-21H,7-8,10-11H2,1-4H3,(H,18,22);4-5,8,17-18H,6-7,9-10H2,1-3H3,(H,16,19);1H. The van der Waals surface area contributed by atoms with Crippen LogP contribution in [0.3, 0.4) is 0 Å². The number of aromatic hydroxyl groups is 1. The lowest BCUT2D eigenvalue weighted by Gasteiger charge is -2.32. The highest BCUT2D eigenvalue weighted by Gasteiger charge is 2.52. The summed E-state index contributed by atoms with van der Waals surface area (Å²) < 4.78 is 46.6. The Hall–Kier alpha value is -9.66. The molecule has 13 N–H and O–H groups in total. The predicted octanol–water partition coefficient (Wildman–Crippen LogP) is 9.57. The number of nitrogens with two attached hydrogens (primary N) is 1. The summed E-state index contributed by atoms with van der Waals surface area (Å²) in [6, 6.07) is 27.5. The first-order valence-corrected chi connectivity index (χ1v) is 40.1. The van der Waals surface area contributed by atoms with Crippen LogP contribution in [0.15, 0.2) is 91.0 Å². The van der Waals surface area contributed by atoms with Gasteiger partial charge in [0.1, 0.15) is 34.3 Å². The van der Waals surface area contributed by atoms with Crippen molar-refractivity contribution in [3.8, 4) is 28.7 Å². The number of ether oxygens (including phenoxy) is 9. The maximum Gasteiger partial charge on any atom is 0.408 e. The molecule has 0 aromatic heterocycles. The molecule has 30 nitrogen and oxygen atoms in total. The lowest BCUT2D eigenvalue weighted by Crippen LogP contribution is -2.62. The van der Waals surface area contributed by atoms with E-state index in [-0.39, 0.29) is 88.9 Å². The Balaban J connectivity index is 0.00000148. The van der Waals surface area contributed by atoms with E-state index in [4.69, 9.17) is 48.4 Å². The van der Waals surface area contributed by atoms with Crippen molar-refractivity contribution in [2.45, 2.75) is 234 Å².